The van der Waals surface area contributed by atoms with Crippen molar-refractivity contribution in [2.75, 3.05) is 19.6 Å². The molecule has 2 aliphatic carbocycles. The van der Waals surface area contributed by atoms with Crippen molar-refractivity contribution in [1.82, 2.24) is 4.90 Å². The smallest absolute Gasteiger partial charge is 0.00793 e. The first kappa shape index (κ1) is 12.4. The van der Waals surface area contributed by atoms with Gasteiger partial charge in [-0.25, -0.2) is 0 Å². The lowest BCUT2D eigenvalue weighted by Gasteiger charge is -2.29. The minimum Gasteiger partial charge on any atom is -0.327 e. The van der Waals surface area contributed by atoms with Gasteiger partial charge in [0, 0.05) is 19.1 Å². The average Bonchev–Trinajstić information content (AvgIpc) is 3.09. The predicted molar refractivity (Wildman–Crippen MR) is 69.4 cm³/mol. The van der Waals surface area contributed by atoms with E-state index in [0.29, 0.717) is 6.04 Å². The molecule has 0 radical (unpaired) electrons. The lowest BCUT2D eigenvalue weighted by Crippen LogP contribution is -2.39. The van der Waals surface area contributed by atoms with Crippen LogP contribution in [0.1, 0.15) is 51.9 Å². The third-order valence-electron chi connectivity index (χ3n) is 4.37. The molecule has 0 heterocycles. The van der Waals surface area contributed by atoms with Crippen LogP contribution in [0.5, 0.6) is 0 Å². The highest BCUT2D eigenvalue weighted by atomic mass is 15.1. The summed E-state index contributed by atoms with van der Waals surface area (Å²) < 4.78 is 0. The molecular formula is C14H28N2. The fourth-order valence-electron chi connectivity index (χ4n) is 2.97. The van der Waals surface area contributed by atoms with Crippen LogP contribution in [0.25, 0.3) is 0 Å². The Kier molecular flexibility index (Phi) is 4.66. The van der Waals surface area contributed by atoms with Crippen molar-refractivity contribution in [1.29, 1.82) is 0 Å². The Balaban J connectivity index is 1.79. The van der Waals surface area contributed by atoms with Crippen LogP contribution in [-0.2, 0) is 0 Å². The van der Waals surface area contributed by atoms with Gasteiger partial charge in [-0.15, -0.1) is 0 Å². The molecule has 2 saturated carbocycles. The van der Waals surface area contributed by atoms with Gasteiger partial charge in [-0.2, -0.15) is 0 Å². The van der Waals surface area contributed by atoms with Gasteiger partial charge in [-0.05, 0) is 44.1 Å². The average molecular weight is 224 g/mol. The van der Waals surface area contributed by atoms with Crippen LogP contribution in [0.3, 0.4) is 0 Å². The fraction of sp³-hybridized carbons (Fsp3) is 1.00. The van der Waals surface area contributed by atoms with Crippen LogP contribution in [0.2, 0.25) is 0 Å². The maximum atomic E-state index is 6.30. The van der Waals surface area contributed by atoms with Crippen molar-refractivity contribution in [3.8, 4) is 0 Å². The lowest BCUT2D eigenvalue weighted by molar-refractivity contribution is 0.208. The molecule has 2 heteroatoms. The minimum atomic E-state index is 0.468. The quantitative estimate of drug-likeness (QED) is 0.727. The van der Waals surface area contributed by atoms with Gasteiger partial charge in [0.15, 0.2) is 0 Å². The Labute approximate surface area is 101 Å². The molecule has 0 aromatic heterocycles. The Hall–Kier alpha value is -0.0800. The third kappa shape index (κ3) is 3.74. The van der Waals surface area contributed by atoms with Crippen molar-refractivity contribution in [2.45, 2.75) is 57.9 Å². The van der Waals surface area contributed by atoms with Gasteiger partial charge < -0.3 is 10.6 Å². The highest BCUT2D eigenvalue weighted by molar-refractivity contribution is 4.82. The van der Waals surface area contributed by atoms with E-state index in [1.807, 2.05) is 0 Å². The van der Waals surface area contributed by atoms with Crippen LogP contribution in [0.4, 0.5) is 0 Å². The van der Waals surface area contributed by atoms with Crippen molar-refractivity contribution in [2.24, 2.45) is 17.6 Å². The van der Waals surface area contributed by atoms with Gasteiger partial charge in [0.05, 0.1) is 0 Å². The van der Waals surface area contributed by atoms with E-state index in [1.165, 1.54) is 64.6 Å². The van der Waals surface area contributed by atoms with E-state index in [9.17, 15) is 0 Å². The Morgan fingerprint density at radius 1 is 1.00 bits per heavy atom. The second-order valence-corrected chi connectivity index (χ2v) is 5.86. The minimum absolute atomic E-state index is 0.468. The van der Waals surface area contributed by atoms with E-state index in [1.54, 1.807) is 0 Å². The fourth-order valence-corrected chi connectivity index (χ4v) is 2.97. The van der Waals surface area contributed by atoms with Gasteiger partial charge in [-0.3, -0.25) is 0 Å². The van der Waals surface area contributed by atoms with Gasteiger partial charge in [0.2, 0.25) is 0 Å². The van der Waals surface area contributed by atoms with E-state index in [4.69, 9.17) is 5.73 Å². The van der Waals surface area contributed by atoms with Crippen molar-refractivity contribution >= 4 is 0 Å². The van der Waals surface area contributed by atoms with Crippen LogP contribution in [0, 0.1) is 11.8 Å². The molecule has 2 aliphatic rings. The third-order valence-corrected chi connectivity index (χ3v) is 4.37. The molecule has 2 rings (SSSR count). The summed E-state index contributed by atoms with van der Waals surface area (Å²) in [4.78, 5) is 2.65. The largest absolute Gasteiger partial charge is 0.327 e. The monoisotopic (exact) mass is 224 g/mol. The maximum Gasteiger partial charge on any atom is 0.00793 e. The first-order valence-electron chi connectivity index (χ1n) is 7.27. The van der Waals surface area contributed by atoms with E-state index >= 15 is 0 Å². The number of hydrogen-bond donors (Lipinski definition) is 1. The molecule has 2 unspecified atom stereocenters. The molecule has 0 bridgehead atoms. The first-order chi connectivity index (χ1) is 7.79. The number of hydrogen-bond acceptors (Lipinski definition) is 2. The van der Waals surface area contributed by atoms with Gasteiger partial charge in [0.1, 0.15) is 0 Å². The standard InChI is InChI=1S/C14H28N2/c1-2-16(10-12-8-9-12)11-13-6-4-3-5-7-14(13)15/h12-14H,2-11,15H2,1H3. The van der Waals surface area contributed by atoms with E-state index in [0.717, 1.165) is 11.8 Å². The highest BCUT2D eigenvalue weighted by Gasteiger charge is 2.27. The summed E-state index contributed by atoms with van der Waals surface area (Å²) in [6.45, 7) is 6.10. The zero-order valence-electron chi connectivity index (χ0n) is 10.8. The molecule has 0 saturated heterocycles. The molecule has 2 atom stereocenters. The van der Waals surface area contributed by atoms with Crippen molar-refractivity contribution in [3.63, 3.8) is 0 Å². The van der Waals surface area contributed by atoms with E-state index in [2.05, 4.69) is 11.8 Å². The molecule has 0 aliphatic heterocycles. The van der Waals surface area contributed by atoms with Gasteiger partial charge in [-0.1, -0.05) is 26.2 Å². The van der Waals surface area contributed by atoms with E-state index < -0.39 is 0 Å². The highest BCUT2D eigenvalue weighted by Crippen LogP contribution is 2.30. The summed E-state index contributed by atoms with van der Waals surface area (Å²) in [6.07, 6.45) is 9.71. The number of rotatable bonds is 5. The summed E-state index contributed by atoms with van der Waals surface area (Å²) in [6, 6.07) is 0.468. The number of nitrogens with two attached hydrogens (primary N) is 1. The molecule has 16 heavy (non-hydrogen) atoms. The second-order valence-electron chi connectivity index (χ2n) is 5.86. The number of nitrogens with zero attached hydrogens (tertiary/aromatic N) is 1. The molecule has 0 aromatic rings. The lowest BCUT2D eigenvalue weighted by atomic mass is 9.95. The van der Waals surface area contributed by atoms with Crippen LogP contribution in [-0.4, -0.2) is 30.6 Å². The predicted octanol–water partition coefficient (Wildman–Crippen LogP) is 2.63. The Morgan fingerprint density at radius 2 is 1.75 bits per heavy atom. The molecule has 0 aromatic carbocycles. The SMILES string of the molecule is CCN(CC1CC1)CC1CCCCCC1N. The topological polar surface area (TPSA) is 29.3 Å². The first-order valence-corrected chi connectivity index (χ1v) is 7.27. The Bertz CT molecular complexity index is 201. The molecule has 0 spiro atoms. The molecule has 2 nitrogen and oxygen atoms in total. The van der Waals surface area contributed by atoms with Gasteiger partial charge >= 0.3 is 0 Å². The van der Waals surface area contributed by atoms with Crippen molar-refractivity contribution in [3.05, 3.63) is 0 Å². The molecule has 2 fully saturated rings. The summed E-state index contributed by atoms with van der Waals surface area (Å²) in [5, 5.41) is 0. The van der Waals surface area contributed by atoms with Crippen LogP contribution >= 0.6 is 0 Å². The molecule has 2 N–H and O–H groups in total. The normalized spacial score (nSPS) is 31.7. The summed E-state index contributed by atoms with van der Waals surface area (Å²) >= 11 is 0. The van der Waals surface area contributed by atoms with Crippen LogP contribution in [0.15, 0.2) is 0 Å². The summed E-state index contributed by atoms with van der Waals surface area (Å²) in [5.41, 5.74) is 6.30. The molecule has 94 valence electrons. The zero-order chi connectivity index (χ0) is 11.4. The van der Waals surface area contributed by atoms with Crippen LogP contribution < -0.4 is 5.73 Å². The summed E-state index contributed by atoms with van der Waals surface area (Å²) in [5.74, 6) is 1.78. The molecule has 0 amide bonds. The molecular weight excluding hydrogens is 196 g/mol. The second kappa shape index (κ2) is 6.02. The summed E-state index contributed by atoms with van der Waals surface area (Å²) in [7, 11) is 0. The zero-order valence-corrected chi connectivity index (χ0v) is 10.8. The van der Waals surface area contributed by atoms with E-state index in [-0.39, 0.29) is 0 Å². The maximum absolute atomic E-state index is 6.30. The van der Waals surface area contributed by atoms with Gasteiger partial charge in [0.25, 0.3) is 0 Å². The Morgan fingerprint density at radius 3 is 2.44 bits per heavy atom. The van der Waals surface area contributed by atoms with Crippen molar-refractivity contribution < 1.29 is 0 Å².